The van der Waals surface area contributed by atoms with E-state index in [1.54, 1.807) is 7.11 Å². The number of hydrogen-bond donors (Lipinski definition) is 2. The molecule has 0 spiro atoms. The summed E-state index contributed by atoms with van der Waals surface area (Å²) < 4.78 is 5.33. The van der Waals surface area contributed by atoms with E-state index in [2.05, 4.69) is 16.7 Å². The second kappa shape index (κ2) is 9.51. The van der Waals surface area contributed by atoms with Gasteiger partial charge in [-0.15, -0.1) is 0 Å². The molecule has 2 rings (SSSR count). The molecule has 0 saturated carbocycles. The zero-order chi connectivity index (χ0) is 16.3. The maximum atomic E-state index is 11.7. The van der Waals surface area contributed by atoms with E-state index in [-0.39, 0.29) is 6.03 Å². The largest absolute Gasteiger partial charge is 0.496 e. The molecule has 0 aliphatic heterocycles. The zero-order valence-corrected chi connectivity index (χ0v) is 13.5. The molecule has 0 unspecified atom stereocenters. The summed E-state index contributed by atoms with van der Waals surface area (Å²) in [6, 6.07) is 17.8. The van der Waals surface area contributed by atoms with Gasteiger partial charge in [-0.1, -0.05) is 48.5 Å². The molecular formula is C19H24N2O2. The van der Waals surface area contributed by atoms with Gasteiger partial charge < -0.3 is 15.4 Å². The van der Waals surface area contributed by atoms with Crippen molar-refractivity contribution < 1.29 is 9.53 Å². The quantitative estimate of drug-likeness (QED) is 0.733. The highest BCUT2D eigenvalue weighted by atomic mass is 16.5. The summed E-state index contributed by atoms with van der Waals surface area (Å²) >= 11 is 0. The molecule has 4 heteroatoms. The number of urea groups is 1. The minimum Gasteiger partial charge on any atom is -0.496 e. The van der Waals surface area contributed by atoms with Crippen molar-refractivity contribution in [1.29, 1.82) is 0 Å². The molecule has 122 valence electrons. The standard InChI is InChI=1S/C19H24N2O2/c1-23-18-13-6-5-11-17(18)12-7-8-14-20-19(22)21-15-16-9-3-2-4-10-16/h2-6,9-11,13H,7-8,12,14-15H2,1H3,(H2,20,21,22). The van der Waals surface area contributed by atoms with Crippen LogP contribution in [0, 0.1) is 0 Å². The van der Waals surface area contributed by atoms with E-state index in [9.17, 15) is 4.79 Å². The topological polar surface area (TPSA) is 50.4 Å². The van der Waals surface area contributed by atoms with Crippen LogP contribution in [0.15, 0.2) is 54.6 Å². The Bertz CT molecular complexity index is 599. The van der Waals surface area contributed by atoms with Crippen LogP contribution in [0.5, 0.6) is 5.75 Å². The molecule has 0 atom stereocenters. The normalized spacial score (nSPS) is 10.1. The first-order valence-corrected chi connectivity index (χ1v) is 7.97. The Hall–Kier alpha value is -2.49. The minimum atomic E-state index is -0.119. The summed E-state index contributed by atoms with van der Waals surface area (Å²) in [7, 11) is 1.69. The predicted molar refractivity (Wildman–Crippen MR) is 92.6 cm³/mol. The molecule has 2 aromatic rings. The van der Waals surface area contributed by atoms with Gasteiger partial charge in [0.2, 0.25) is 0 Å². The summed E-state index contributed by atoms with van der Waals surface area (Å²) in [4.78, 5) is 11.7. The van der Waals surface area contributed by atoms with Crippen molar-refractivity contribution in [2.24, 2.45) is 0 Å². The van der Waals surface area contributed by atoms with Crippen LogP contribution in [0.2, 0.25) is 0 Å². The van der Waals surface area contributed by atoms with Crippen molar-refractivity contribution in [3.8, 4) is 5.75 Å². The van der Waals surface area contributed by atoms with Gasteiger partial charge in [0.1, 0.15) is 5.75 Å². The molecule has 2 amide bonds. The van der Waals surface area contributed by atoms with Gasteiger partial charge in [0.15, 0.2) is 0 Å². The van der Waals surface area contributed by atoms with Gasteiger partial charge in [-0.2, -0.15) is 0 Å². The van der Waals surface area contributed by atoms with Gasteiger partial charge in [0, 0.05) is 13.1 Å². The molecule has 23 heavy (non-hydrogen) atoms. The maximum absolute atomic E-state index is 11.7. The van der Waals surface area contributed by atoms with Crippen LogP contribution in [0.25, 0.3) is 0 Å². The highest BCUT2D eigenvalue weighted by molar-refractivity contribution is 5.73. The number of amides is 2. The Morgan fingerprint density at radius 2 is 1.70 bits per heavy atom. The van der Waals surface area contributed by atoms with Crippen molar-refractivity contribution in [1.82, 2.24) is 10.6 Å². The number of rotatable bonds is 8. The van der Waals surface area contributed by atoms with E-state index in [4.69, 9.17) is 4.74 Å². The lowest BCUT2D eigenvalue weighted by molar-refractivity contribution is 0.240. The number of para-hydroxylation sites is 1. The smallest absolute Gasteiger partial charge is 0.315 e. The van der Waals surface area contributed by atoms with E-state index in [1.165, 1.54) is 5.56 Å². The highest BCUT2D eigenvalue weighted by Gasteiger charge is 2.02. The molecular weight excluding hydrogens is 288 g/mol. The number of hydrogen-bond acceptors (Lipinski definition) is 2. The van der Waals surface area contributed by atoms with Crippen LogP contribution in [-0.4, -0.2) is 19.7 Å². The predicted octanol–water partition coefficient (Wildman–Crippen LogP) is 3.52. The van der Waals surface area contributed by atoms with Crippen LogP contribution in [0.3, 0.4) is 0 Å². The van der Waals surface area contributed by atoms with E-state index in [0.717, 1.165) is 30.6 Å². The summed E-state index contributed by atoms with van der Waals surface area (Å²) in [5.74, 6) is 0.932. The molecule has 2 N–H and O–H groups in total. The fraction of sp³-hybridized carbons (Fsp3) is 0.316. The van der Waals surface area contributed by atoms with E-state index in [0.29, 0.717) is 13.1 Å². The lowest BCUT2D eigenvalue weighted by Crippen LogP contribution is -2.35. The van der Waals surface area contributed by atoms with Gasteiger partial charge in [-0.05, 0) is 36.5 Å². The monoisotopic (exact) mass is 312 g/mol. The maximum Gasteiger partial charge on any atom is 0.315 e. The van der Waals surface area contributed by atoms with Gasteiger partial charge in [0.05, 0.1) is 7.11 Å². The highest BCUT2D eigenvalue weighted by Crippen LogP contribution is 2.19. The number of methoxy groups -OCH3 is 1. The summed E-state index contributed by atoms with van der Waals surface area (Å²) in [6.07, 6.45) is 2.91. The lowest BCUT2D eigenvalue weighted by Gasteiger charge is -2.09. The Labute approximate surface area is 137 Å². The first kappa shape index (κ1) is 16.9. The van der Waals surface area contributed by atoms with Crippen LogP contribution in [-0.2, 0) is 13.0 Å². The molecule has 0 aliphatic rings. The fourth-order valence-electron chi connectivity index (χ4n) is 2.39. The second-order valence-corrected chi connectivity index (χ2v) is 5.36. The van der Waals surface area contributed by atoms with Gasteiger partial charge >= 0.3 is 6.03 Å². The molecule has 0 radical (unpaired) electrons. The number of ether oxygens (including phenoxy) is 1. The molecule has 4 nitrogen and oxygen atoms in total. The number of unbranched alkanes of at least 4 members (excludes halogenated alkanes) is 1. The molecule has 0 fully saturated rings. The molecule has 0 aromatic heterocycles. The number of nitrogens with one attached hydrogen (secondary N) is 2. The van der Waals surface area contributed by atoms with Gasteiger partial charge in [-0.25, -0.2) is 4.79 Å². The first-order chi connectivity index (χ1) is 11.3. The third kappa shape index (κ3) is 6.02. The van der Waals surface area contributed by atoms with Crippen molar-refractivity contribution in [3.63, 3.8) is 0 Å². The number of aryl methyl sites for hydroxylation is 1. The first-order valence-electron chi connectivity index (χ1n) is 7.97. The Morgan fingerprint density at radius 3 is 2.48 bits per heavy atom. The van der Waals surface area contributed by atoms with Crippen LogP contribution in [0.1, 0.15) is 24.0 Å². The SMILES string of the molecule is COc1ccccc1CCCCNC(=O)NCc1ccccc1. The average molecular weight is 312 g/mol. The van der Waals surface area contributed by atoms with Gasteiger partial charge in [0.25, 0.3) is 0 Å². The van der Waals surface area contributed by atoms with E-state index in [1.807, 2.05) is 48.5 Å². The lowest BCUT2D eigenvalue weighted by atomic mass is 10.1. The average Bonchev–Trinajstić information content (AvgIpc) is 2.61. The van der Waals surface area contributed by atoms with Crippen LogP contribution in [0.4, 0.5) is 4.79 Å². The Morgan fingerprint density at radius 1 is 0.957 bits per heavy atom. The van der Waals surface area contributed by atoms with Crippen LogP contribution >= 0.6 is 0 Å². The molecule has 0 saturated heterocycles. The zero-order valence-electron chi connectivity index (χ0n) is 13.5. The summed E-state index contributed by atoms with van der Waals surface area (Å²) in [6.45, 7) is 1.23. The molecule has 0 aliphatic carbocycles. The number of carbonyl (C=O) groups excluding carboxylic acids is 1. The summed E-state index contributed by atoms with van der Waals surface area (Å²) in [5.41, 5.74) is 2.31. The number of benzene rings is 2. The Kier molecular flexibility index (Phi) is 6.98. The fourth-order valence-corrected chi connectivity index (χ4v) is 2.39. The van der Waals surface area contributed by atoms with Crippen LogP contribution < -0.4 is 15.4 Å². The summed E-state index contributed by atoms with van der Waals surface area (Å²) in [5, 5.41) is 5.74. The Balaban J connectivity index is 1.59. The van der Waals surface area contributed by atoms with Crippen molar-refractivity contribution in [2.75, 3.05) is 13.7 Å². The van der Waals surface area contributed by atoms with E-state index < -0.39 is 0 Å². The molecule has 0 heterocycles. The minimum absolute atomic E-state index is 0.119. The van der Waals surface area contributed by atoms with E-state index >= 15 is 0 Å². The third-order valence-corrected chi connectivity index (χ3v) is 3.65. The van der Waals surface area contributed by atoms with Crippen molar-refractivity contribution in [2.45, 2.75) is 25.8 Å². The second-order valence-electron chi connectivity index (χ2n) is 5.36. The molecule has 2 aromatic carbocycles. The number of carbonyl (C=O) groups is 1. The third-order valence-electron chi connectivity index (χ3n) is 3.65. The molecule has 0 bridgehead atoms. The van der Waals surface area contributed by atoms with Crippen molar-refractivity contribution >= 4 is 6.03 Å². The van der Waals surface area contributed by atoms with Gasteiger partial charge in [-0.3, -0.25) is 0 Å². The van der Waals surface area contributed by atoms with Crippen molar-refractivity contribution in [3.05, 3.63) is 65.7 Å².